The molecular weight excluding hydrogens is 522 g/mol. The second kappa shape index (κ2) is 10.8. The van der Waals surface area contributed by atoms with Crippen LogP contribution in [-0.4, -0.2) is 73.9 Å². The molecule has 4 aromatic rings. The summed E-state index contributed by atoms with van der Waals surface area (Å²) >= 11 is 0. The third kappa shape index (κ3) is 5.71. The molecule has 1 aliphatic carbocycles. The van der Waals surface area contributed by atoms with Gasteiger partial charge in [0.25, 0.3) is 5.56 Å². The first kappa shape index (κ1) is 26.7. The molecule has 2 fully saturated rings. The molecule has 2 aromatic heterocycles. The van der Waals surface area contributed by atoms with Gasteiger partial charge in [-0.1, -0.05) is 30.3 Å². The van der Waals surface area contributed by atoms with Gasteiger partial charge in [0.1, 0.15) is 11.7 Å². The zero-order chi connectivity index (χ0) is 28.6. The lowest BCUT2D eigenvalue weighted by Crippen LogP contribution is -2.50. The van der Waals surface area contributed by atoms with Gasteiger partial charge in [0.15, 0.2) is 5.65 Å². The molecule has 0 unspecified atom stereocenters. The number of likely N-dealkylation sites (N-methyl/N-ethyl adjacent to an activating group) is 1. The summed E-state index contributed by atoms with van der Waals surface area (Å²) in [5, 5.41) is 21.7. The fourth-order valence-electron chi connectivity index (χ4n) is 5.42. The number of nitrogens with one attached hydrogen (secondary N) is 2. The number of aromatic amines is 1. The molecule has 1 aliphatic heterocycles. The maximum absolute atomic E-state index is 13.6. The highest BCUT2D eigenvalue weighted by atomic mass is 16.3. The summed E-state index contributed by atoms with van der Waals surface area (Å²) < 4.78 is 1.42. The number of piperidine rings is 1. The molecule has 0 radical (unpaired) electrons. The Morgan fingerprint density at radius 1 is 1.12 bits per heavy atom. The van der Waals surface area contributed by atoms with Crippen molar-refractivity contribution in [2.24, 2.45) is 5.92 Å². The van der Waals surface area contributed by atoms with E-state index in [1.54, 1.807) is 18.2 Å². The number of hydrogen-bond donors (Lipinski definition) is 3. The molecule has 11 heteroatoms. The fraction of sp³-hybridized carbons (Fsp3) is 0.367. The van der Waals surface area contributed by atoms with Gasteiger partial charge in [0.05, 0.1) is 24.4 Å². The first-order valence-electron chi connectivity index (χ1n) is 13.9. The number of carbonyl (C=O) groups excluding carboxylic acids is 2. The second-order valence-corrected chi connectivity index (χ2v) is 11.1. The smallest absolute Gasteiger partial charge is 0.265 e. The highest BCUT2D eigenvalue weighted by Crippen LogP contribution is 2.33. The summed E-state index contributed by atoms with van der Waals surface area (Å²) in [6.45, 7) is 1.21. The van der Waals surface area contributed by atoms with Crippen molar-refractivity contribution < 1.29 is 14.7 Å². The van der Waals surface area contributed by atoms with E-state index in [-0.39, 0.29) is 42.0 Å². The van der Waals surface area contributed by atoms with E-state index >= 15 is 0 Å². The molecule has 0 bridgehead atoms. The number of para-hydroxylation sites is 1. The molecule has 212 valence electrons. The first-order valence-corrected chi connectivity index (χ1v) is 13.9. The monoisotopic (exact) mass is 555 g/mol. The Hall–Kier alpha value is -4.51. The van der Waals surface area contributed by atoms with E-state index in [1.165, 1.54) is 10.9 Å². The Balaban J connectivity index is 1.18. The van der Waals surface area contributed by atoms with Crippen molar-refractivity contribution in [3.05, 3.63) is 71.3 Å². The quantitative estimate of drug-likeness (QED) is 0.304. The maximum Gasteiger partial charge on any atom is 0.265 e. The van der Waals surface area contributed by atoms with Gasteiger partial charge in [0, 0.05) is 43.0 Å². The van der Waals surface area contributed by atoms with Crippen LogP contribution in [-0.2, 0) is 16.1 Å². The number of H-pyrrole nitrogens is 1. The normalized spacial score (nSPS) is 16.5. The van der Waals surface area contributed by atoms with Crippen LogP contribution in [0, 0.1) is 5.92 Å². The summed E-state index contributed by atoms with van der Waals surface area (Å²) in [7, 11) is 1.85. The molecule has 0 spiro atoms. The van der Waals surface area contributed by atoms with Crippen molar-refractivity contribution >= 4 is 34.2 Å². The molecule has 0 atom stereocenters. The van der Waals surface area contributed by atoms with Crippen LogP contribution >= 0.6 is 0 Å². The topological polar surface area (TPSA) is 136 Å². The summed E-state index contributed by atoms with van der Waals surface area (Å²) in [6, 6.07) is 16.8. The number of benzene rings is 2. The van der Waals surface area contributed by atoms with E-state index < -0.39 is 5.60 Å². The predicted octanol–water partition coefficient (Wildman–Crippen LogP) is 2.62. The molecule has 3 heterocycles. The molecule has 2 aliphatic rings. The molecule has 1 saturated heterocycles. The zero-order valence-corrected chi connectivity index (χ0v) is 22.9. The number of likely N-dealkylation sites (tertiary alicyclic amines) is 1. The number of anilines is 2. The van der Waals surface area contributed by atoms with Gasteiger partial charge in [-0.05, 0) is 49.9 Å². The minimum absolute atomic E-state index is 0.0792. The molecule has 2 amide bonds. The Labute approximate surface area is 236 Å². The van der Waals surface area contributed by atoms with Crippen molar-refractivity contribution in [3.8, 4) is 11.3 Å². The molecule has 11 nitrogen and oxygen atoms in total. The number of carbonyl (C=O) groups is 2. The molecule has 1 saturated carbocycles. The lowest BCUT2D eigenvalue weighted by atomic mass is 9.91. The summed E-state index contributed by atoms with van der Waals surface area (Å²) in [5.41, 5.74) is 1.53. The van der Waals surface area contributed by atoms with Crippen LogP contribution in [0.25, 0.3) is 22.3 Å². The molecule has 41 heavy (non-hydrogen) atoms. The number of aliphatic hydroxyl groups is 1. The van der Waals surface area contributed by atoms with E-state index in [1.807, 2.05) is 53.2 Å². The van der Waals surface area contributed by atoms with E-state index in [2.05, 4.69) is 20.5 Å². The molecule has 3 N–H and O–H groups in total. The molecular formula is C30H33N7O4. The van der Waals surface area contributed by atoms with Crippen LogP contribution in [0.15, 0.2) is 65.7 Å². The van der Waals surface area contributed by atoms with Crippen molar-refractivity contribution in [1.29, 1.82) is 0 Å². The van der Waals surface area contributed by atoms with Crippen LogP contribution < -0.4 is 15.8 Å². The summed E-state index contributed by atoms with van der Waals surface area (Å²) in [6.07, 6.45) is 4.11. The Kier molecular flexibility index (Phi) is 7.04. The lowest BCUT2D eigenvalue weighted by Gasteiger charge is -2.38. The Morgan fingerprint density at radius 3 is 2.61 bits per heavy atom. The van der Waals surface area contributed by atoms with Gasteiger partial charge in [-0.25, -0.2) is 4.98 Å². The van der Waals surface area contributed by atoms with Crippen molar-refractivity contribution in [1.82, 2.24) is 24.6 Å². The van der Waals surface area contributed by atoms with Gasteiger partial charge in [0.2, 0.25) is 11.8 Å². The number of amides is 2. The lowest BCUT2D eigenvalue weighted by molar-refractivity contribution is -0.137. The third-order valence-electron chi connectivity index (χ3n) is 7.95. The van der Waals surface area contributed by atoms with Gasteiger partial charge in [-0.15, -0.1) is 0 Å². The number of hydrogen-bond acceptors (Lipinski definition) is 7. The van der Waals surface area contributed by atoms with E-state index in [0.29, 0.717) is 48.3 Å². The van der Waals surface area contributed by atoms with E-state index in [4.69, 9.17) is 0 Å². The van der Waals surface area contributed by atoms with Gasteiger partial charge < -0.3 is 20.2 Å². The van der Waals surface area contributed by atoms with Gasteiger partial charge in [-0.2, -0.15) is 5.10 Å². The van der Waals surface area contributed by atoms with Crippen LogP contribution in [0.2, 0.25) is 0 Å². The Morgan fingerprint density at radius 2 is 1.88 bits per heavy atom. The largest absolute Gasteiger partial charge is 0.388 e. The van der Waals surface area contributed by atoms with Crippen LogP contribution in [0.3, 0.4) is 0 Å². The predicted molar refractivity (Wildman–Crippen MR) is 155 cm³/mol. The zero-order valence-electron chi connectivity index (χ0n) is 22.9. The highest BCUT2D eigenvalue weighted by Gasteiger charge is 2.39. The minimum Gasteiger partial charge on any atom is -0.388 e. The van der Waals surface area contributed by atoms with Crippen LogP contribution in [0.1, 0.15) is 25.7 Å². The second-order valence-electron chi connectivity index (χ2n) is 11.1. The summed E-state index contributed by atoms with van der Waals surface area (Å²) in [4.78, 5) is 46.8. The van der Waals surface area contributed by atoms with E-state index in [0.717, 1.165) is 18.5 Å². The molecule has 6 rings (SSSR count). The number of nitrogens with zero attached hydrogens (tertiary/aromatic N) is 5. The third-order valence-corrected chi connectivity index (χ3v) is 7.95. The number of rotatable bonds is 8. The van der Waals surface area contributed by atoms with Crippen LogP contribution in [0.4, 0.5) is 11.4 Å². The number of aromatic nitrogens is 4. The number of fused-ring (bicyclic) bond motifs is 1. The Bertz CT molecular complexity index is 1640. The average molecular weight is 556 g/mol. The summed E-state index contributed by atoms with van der Waals surface area (Å²) in [5.74, 6) is 0.152. The first-order chi connectivity index (χ1) is 19.8. The highest BCUT2D eigenvalue weighted by molar-refractivity contribution is 5.96. The maximum atomic E-state index is 13.6. The van der Waals surface area contributed by atoms with Gasteiger partial charge >= 0.3 is 0 Å². The van der Waals surface area contributed by atoms with E-state index in [9.17, 15) is 19.5 Å². The average Bonchev–Trinajstić information content (AvgIpc) is 3.73. The van der Waals surface area contributed by atoms with Crippen molar-refractivity contribution in [2.45, 2.75) is 37.8 Å². The fourth-order valence-corrected chi connectivity index (χ4v) is 5.42. The van der Waals surface area contributed by atoms with Crippen molar-refractivity contribution in [2.75, 3.05) is 36.9 Å². The minimum atomic E-state index is -1.11. The van der Waals surface area contributed by atoms with Crippen LogP contribution in [0.5, 0.6) is 0 Å². The molecule has 2 aromatic carbocycles. The standard InChI is InChI=1S/C30H33N7O4/c1-35(23-8-3-2-4-9-23)17-24(38)32-22-7-5-6-21(16-22)26-25-27(34-33-26)31-19-37(29(25)40)18-30(41)12-14-36(15-13-30)28(39)20-10-11-20/h2-9,16,19-20,41H,10-15,17-18H2,1H3,(H,32,38)(H,33,34). The SMILES string of the molecule is CN(CC(=O)Nc1cccc(-c2[nH]nc3ncn(CC4(O)CCN(C(=O)C5CC5)CC4)c(=O)c23)c1)c1ccccc1. The van der Waals surface area contributed by atoms with Crippen molar-refractivity contribution in [3.63, 3.8) is 0 Å². The van der Waals surface area contributed by atoms with Gasteiger partial charge in [-0.3, -0.25) is 24.0 Å².